The first kappa shape index (κ1) is 20.1. The van der Waals surface area contributed by atoms with Gasteiger partial charge in [-0.15, -0.1) is 10.2 Å². The SMILES string of the molecule is Cc1c(C(=O)N2CCCC(c3nnc(-c4ccccc4F)s3)C2)cccc1[N+](=O)[O-]. The Hall–Kier alpha value is -3.20. The molecular formula is C21H19FN4O3S. The normalized spacial score (nSPS) is 16.5. The number of nitrogens with zero attached hydrogens (tertiary/aromatic N) is 4. The highest BCUT2D eigenvalue weighted by Gasteiger charge is 2.30. The van der Waals surface area contributed by atoms with Gasteiger partial charge in [0.2, 0.25) is 0 Å². The van der Waals surface area contributed by atoms with E-state index >= 15 is 0 Å². The molecule has 0 saturated carbocycles. The van der Waals surface area contributed by atoms with E-state index in [0.717, 1.165) is 17.8 Å². The maximum atomic E-state index is 14.0. The maximum absolute atomic E-state index is 14.0. The Labute approximate surface area is 176 Å². The first-order valence-corrected chi connectivity index (χ1v) is 10.4. The fourth-order valence-corrected chi connectivity index (χ4v) is 4.73. The maximum Gasteiger partial charge on any atom is 0.273 e. The number of nitro groups is 1. The number of carbonyl (C=O) groups is 1. The number of benzene rings is 2. The average molecular weight is 426 g/mol. The van der Waals surface area contributed by atoms with Crippen molar-refractivity contribution in [2.24, 2.45) is 0 Å². The summed E-state index contributed by atoms with van der Waals surface area (Å²) in [5, 5.41) is 20.9. The van der Waals surface area contributed by atoms with Crippen LogP contribution in [0.15, 0.2) is 42.5 Å². The zero-order valence-electron chi connectivity index (χ0n) is 16.2. The summed E-state index contributed by atoms with van der Waals surface area (Å²) in [7, 11) is 0. The van der Waals surface area contributed by atoms with Crippen molar-refractivity contribution < 1.29 is 14.1 Å². The molecule has 1 unspecified atom stereocenters. The Kier molecular flexibility index (Phi) is 5.54. The van der Waals surface area contributed by atoms with Crippen LogP contribution in [0.5, 0.6) is 0 Å². The lowest BCUT2D eigenvalue weighted by atomic mass is 9.97. The zero-order valence-corrected chi connectivity index (χ0v) is 17.1. The Morgan fingerprint density at radius 2 is 2.03 bits per heavy atom. The first-order chi connectivity index (χ1) is 14.5. The van der Waals surface area contributed by atoms with E-state index in [1.54, 1.807) is 36.1 Å². The van der Waals surface area contributed by atoms with Crippen LogP contribution in [0.3, 0.4) is 0 Å². The fraction of sp³-hybridized carbons (Fsp3) is 0.286. The third-order valence-electron chi connectivity index (χ3n) is 5.34. The highest BCUT2D eigenvalue weighted by molar-refractivity contribution is 7.14. The molecule has 2 aromatic carbocycles. The number of likely N-dealkylation sites (tertiary alicyclic amines) is 1. The molecule has 0 N–H and O–H groups in total. The Balaban J connectivity index is 1.55. The molecule has 1 saturated heterocycles. The molecule has 1 aromatic heterocycles. The van der Waals surface area contributed by atoms with Crippen LogP contribution in [-0.2, 0) is 0 Å². The Morgan fingerprint density at radius 1 is 1.23 bits per heavy atom. The van der Waals surface area contributed by atoms with Gasteiger partial charge in [0, 0.05) is 41.8 Å². The summed E-state index contributed by atoms with van der Waals surface area (Å²) < 4.78 is 14.0. The van der Waals surface area contributed by atoms with Crippen LogP contribution in [0.2, 0.25) is 0 Å². The number of hydrogen-bond acceptors (Lipinski definition) is 6. The lowest BCUT2D eigenvalue weighted by Gasteiger charge is -2.32. The molecule has 1 amide bonds. The van der Waals surface area contributed by atoms with Gasteiger partial charge >= 0.3 is 0 Å². The van der Waals surface area contributed by atoms with Gasteiger partial charge in [-0.05, 0) is 38.0 Å². The van der Waals surface area contributed by atoms with Crippen molar-refractivity contribution in [3.8, 4) is 10.6 Å². The van der Waals surface area contributed by atoms with E-state index in [-0.39, 0.29) is 23.3 Å². The van der Waals surface area contributed by atoms with Gasteiger partial charge in [-0.3, -0.25) is 14.9 Å². The quantitative estimate of drug-likeness (QED) is 0.450. The second-order valence-electron chi connectivity index (χ2n) is 7.22. The second kappa shape index (κ2) is 8.27. The lowest BCUT2D eigenvalue weighted by molar-refractivity contribution is -0.385. The summed E-state index contributed by atoms with van der Waals surface area (Å²) >= 11 is 1.34. The van der Waals surface area contributed by atoms with E-state index in [1.807, 2.05) is 0 Å². The van der Waals surface area contributed by atoms with Crippen molar-refractivity contribution in [2.75, 3.05) is 13.1 Å². The molecule has 3 aromatic rings. The molecule has 1 atom stereocenters. The summed E-state index contributed by atoms with van der Waals surface area (Å²) in [4.78, 5) is 25.5. The number of halogens is 1. The van der Waals surface area contributed by atoms with Crippen LogP contribution >= 0.6 is 11.3 Å². The van der Waals surface area contributed by atoms with Gasteiger partial charge in [0.25, 0.3) is 11.6 Å². The second-order valence-corrected chi connectivity index (χ2v) is 8.23. The van der Waals surface area contributed by atoms with Crippen LogP contribution < -0.4 is 0 Å². The van der Waals surface area contributed by atoms with Gasteiger partial charge in [0.15, 0.2) is 5.01 Å². The number of amides is 1. The number of hydrogen-bond donors (Lipinski definition) is 0. The molecule has 9 heteroatoms. The molecule has 0 radical (unpaired) electrons. The zero-order chi connectivity index (χ0) is 21.3. The van der Waals surface area contributed by atoms with Gasteiger partial charge in [-0.2, -0.15) is 0 Å². The van der Waals surface area contributed by atoms with Gasteiger partial charge in [0.1, 0.15) is 10.8 Å². The third-order valence-corrected chi connectivity index (χ3v) is 6.45. The van der Waals surface area contributed by atoms with Crippen LogP contribution in [0.25, 0.3) is 10.6 Å². The number of piperidine rings is 1. The van der Waals surface area contributed by atoms with Crippen molar-refractivity contribution in [3.63, 3.8) is 0 Å². The molecule has 1 aliphatic rings. The predicted molar refractivity (Wildman–Crippen MR) is 111 cm³/mol. The summed E-state index contributed by atoms with van der Waals surface area (Å²) in [6, 6.07) is 11.0. The van der Waals surface area contributed by atoms with Gasteiger partial charge in [-0.25, -0.2) is 4.39 Å². The minimum Gasteiger partial charge on any atom is -0.338 e. The number of aromatic nitrogens is 2. The van der Waals surface area contributed by atoms with E-state index in [4.69, 9.17) is 0 Å². The van der Waals surface area contributed by atoms with E-state index in [1.165, 1.54) is 29.5 Å². The third kappa shape index (κ3) is 3.80. The molecule has 1 fully saturated rings. The predicted octanol–water partition coefficient (Wildman–Crippen LogP) is 4.58. The molecule has 0 spiro atoms. The molecule has 7 nitrogen and oxygen atoms in total. The topological polar surface area (TPSA) is 89.2 Å². The average Bonchev–Trinajstić information content (AvgIpc) is 3.24. The fourth-order valence-electron chi connectivity index (χ4n) is 3.73. The molecule has 2 heterocycles. The molecule has 1 aliphatic heterocycles. The van der Waals surface area contributed by atoms with Crippen LogP contribution in [-0.4, -0.2) is 39.0 Å². The van der Waals surface area contributed by atoms with Crippen molar-refractivity contribution in [2.45, 2.75) is 25.7 Å². The molecule has 154 valence electrons. The van der Waals surface area contributed by atoms with Crippen molar-refractivity contribution >= 4 is 22.9 Å². The van der Waals surface area contributed by atoms with E-state index in [9.17, 15) is 19.3 Å². The number of carbonyl (C=O) groups excluding carboxylic acids is 1. The summed E-state index contributed by atoms with van der Waals surface area (Å²) in [5.41, 5.74) is 1.06. The number of rotatable bonds is 4. The molecule has 4 rings (SSSR count). The van der Waals surface area contributed by atoms with Gasteiger partial charge in [0.05, 0.1) is 4.92 Å². The monoisotopic (exact) mass is 426 g/mol. The minimum absolute atomic E-state index is 0.000252. The first-order valence-electron chi connectivity index (χ1n) is 9.57. The number of nitro benzene ring substituents is 1. The molecule has 30 heavy (non-hydrogen) atoms. The van der Waals surface area contributed by atoms with Crippen LogP contribution in [0, 0.1) is 22.9 Å². The highest BCUT2D eigenvalue weighted by atomic mass is 32.1. The van der Waals surface area contributed by atoms with Crippen LogP contribution in [0.1, 0.15) is 39.7 Å². The summed E-state index contributed by atoms with van der Waals surface area (Å²) in [6.45, 7) is 2.63. The molecule has 0 bridgehead atoms. The van der Waals surface area contributed by atoms with E-state index in [0.29, 0.717) is 34.8 Å². The largest absolute Gasteiger partial charge is 0.338 e. The van der Waals surface area contributed by atoms with Crippen LogP contribution in [0.4, 0.5) is 10.1 Å². The van der Waals surface area contributed by atoms with Gasteiger partial charge in [-0.1, -0.05) is 29.5 Å². The lowest BCUT2D eigenvalue weighted by Crippen LogP contribution is -2.39. The van der Waals surface area contributed by atoms with E-state index < -0.39 is 4.92 Å². The smallest absolute Gasteiger partial charge is 0.273 e. The Bertz CT molecular complexity index is 1120. The standard InChI is InChI=1S/C21H19FN4O3S/c1-13-15(8-4-10-18(13)26(28)29)21(27)25-11-5-6-14(12-25)19-23-24-20(30-19)16-7-2-3-9-17(16)22/h2-4,7-10,14H,5-6,11-12H2,1H3. The van der Waals surface area contributed by atoms with E-state index in [2.05, 4.69) is 10.2 Å². The molecule has 0 aliphatic carbocycles. The molecular weight excluding hydrogens is 407 g/mol. The highest BCUT2D eigenvalue weighted by Crippen LogP contribution is 2.34. The Morgan fingerprint density at radius 3 is 2.80 bits per heavy atom. The van der Waals surface area contributed by atoms with Crippen molar-refractivity contribution in [1.29, 1.82) is 0 Å². The summed E-state index contributed by atoms with van der Waals surface area (Å²) in [5.74, 6) is -0.568. The summed E-state index contributed by atoms with van der Waals surface area (Å²) in [6.07, 6.45) is 1.64. The minimum atomic E-state index is -0.476. The van der Waals surface area contributed by atoms with Crippen molar-refractivity contribution in [3.05, 3.63) is 74.5 Å². The van der Waals surface area contributed by atoms with Crippen molar-refractivity contribution in [1.82, 2.24) is 15.1 Å². The van der Waals surface area contributed by atoms with Gasteiger partial charge < -0.3 is 4.90 Å².